The number of aromatic nitrogens is 2. The van der Waals surface area contributed by atoms with Crippen molar-refractivity contribution in [1.82, 2.24) is 9.78 Å². The van der Waals surface area contributed by atoms with Gasteiger partial charge in [-0.15, -0.1) is 0 Å². The molecule has 1 aromatic heterocycles. The summed E-state index contributed by atoms with van der Waals surface area (Å²) in [5.41, 5.74) is 0.965. The van der Waals surface area contributed by atoms with Crippen LogP contribution in [0.1, 0.15) is 63.7 Å². The summed E-state index contributed by atoms with van der Waals surface area (Å²) in [6.45, 7) is 2.26. The van der Waals surface area contributed by atoms with Crippen molar-refractivity contribution in [2.24, 2.45) is 18.9 Å². The Balaban J connectivity index is 1.84. The fourth-order valence-electron chi connectivity index (χ4n) is 3.20. The number of hydrogen-bond donors (Lipinski definition) is 1. The summed E-state index contributed by atoms with van der Waals surface area (Å²) in [6, 6.07) is 1.94. The molecule has 0 amide bonds. The summed E-state index contributed by atoms with van der Waals surface area (Å²) in [6.07, 6.45) is 10.4. The summed E-state index contributed by atoms with van der Waals surface area (Å²) in [4.78, 5) is 0. The Morgan fingerprint density at radius 2 is 2.11 bits per heavy atom. The van der Waals surface area contributed by atoms with Gasteiger partial charge in [-0.25, -0.2) is 0 Å². The van der Waals surface area contributed by atoms with E-state index in [0.717, 1.165) is 11.6 Å². The molecule has 0 saturated heterocycles. The molecule has 18 heavy (non-hydrogen) atoms. The summed E-state index contributed by atoms with van der Waals surface area (Å²) in [7, 11) is 1.91. The van der Waals surface area contributed by atoms with Crippen molar-refractivity contribution in [2.45, 2.75) is 58.0 Å². The zero-order valence-corrected chi connectivity index (χ0v) is 11.7. The molecule has 1 aliphatic rings. The van der Waals surface area contributed by atoms with Crippen LogP contribution in [0.4, 0.5) is 0 Å². The first-order chi connectivity index (χ1) is 8.72. The average Bonchev–Trinajstić information content (AvgIpc) is 2.82. The Labute approximate surface area is 110 Å². The van der Waals surface area contributed by atoms with Gasteiger partial charge in [0.25, 0.3) is 0 Å². The second kappa shape index (κ2) is 6.37. The summed E-state index contributed by atoms with van der Waals surface area (Å²) < 4.78 is 1.80. The third-order valence-electron chi connectivity index (χ3n) is 4.47. The molecule has 0 aromatic carbocycles. The molecule has 1 atom stereocenters. The van der Waals surface area contributed by atoms with Crippen LogP contribution in [0, 0.1) is 11.8 Å². The fraction of sp³-hybridized carbons (Fsp3) is 0.800. The van der Waals surface area contributed by atoms with Crippen molar-refractivity contribution in [3.8, 4) is 0 Å². The second-order valence-corrected chi connectivity index (χ2v) is 5.75. The quantitative estimate of drug-likeness (QED) is 0.869. The van der Waals surface area contributed by atoms with Gasteiger partial charge in [0.2, 0.25) is 0 Å². The Kier molecular flexibility index (Phi) is 4.81. The zero-order valence-electron chi connectivity index (χ0n) is 11.7. The molecule has 0 bridgehead atoms. The molecule has 1 heterocycles. The van der Waals surface area contributed by atoms with Gasteiger partial charge in [0.15, 0.2) is 0 Å². The lowest BCUT2D eigenvalue weighted by Crippen LogP contribution is -2.22. The van der Waals surface area contributed by atoms with Crippen molar-refractivity contribution in [2.75, 3.05) is 0 Å². The van der Waals surface area contributed by atoms with Gasteiger partial charge in [0.05, 0.1) is 11.8 Å². The van der Waals surface area contributed by atoms with E-state index in [4.69, 9.17) is 0 Å². The Bertz CT molecular complexity index is 353. The van der Waals surface area contributed by atoms with Gasteiger partial charge in [-0.1, -0.05) is 39.0 Å². The first-order valence-corrected chi connectivity index (χ1v) is 7.38. The molecule has 1 aromatic rings. The first-order valence-electron chi connectivity index (χ1n) is 7.38. The molecule has 1 aliphatic carbocycles. The molecular weight excluding hydrogens is 224 g/mol. The predicted octanol–water partition coefficient (Wildman–Crippen LogP) is 3.45. The van der Waals surface area contributed by atoms with E-state index < -0.39 is 0 Å². The molecule has 2 rings (SSSR count). The lowest BCUT2D eigenvalue weighted by atomic mass is 9.77. The molecule has 0 spiro atoms. The Morgan fingerprint density at radius 1 is 1.39 bits per heavy atom. The number of unbranched alkanes of at least 4 members (excludes halogenated alkanes) is 1. The molecule has 3 heteroatoms. The van der Waals surface area contributed by atoms with E-state index in [9.17, 15) is 5.11 Å². The van der Waals surface area contributed by atoms with Crippen molar-refractivity contribution in [3.05, 3.63) is 18.0 Å². The molecule has 3 nitrogen and oxygen atoms in total. The minimum Gasteiger partial charge on any atom is -0.387 e. The van der Waals surface area contributed by atoms with Crippen molar-refractivity contribution >= 4 is 0 Å². The number of aliphatic hydroxyl groups excluding tert-OH is 1. The molecule has 0 radical (unpaired) electrons. The predicted molar refractivity (Wildman–Crippen MR) is 73.1 cm³/mol. The molecule has 102 valence electrons. The van der Waals surface area contributed by atoms with Crippen LogP contribution in [-0.2, 0) is 7.05 Å². The highest BCUT2D eigenvalue weighted by Gasteiger charge is 2.28. The number of rotatable bonds is 5. The highest BCUT2D eigenvalue weighted by Crippen LogP contribution is 2.38. The highest BCUT2D eigenvalue weighted by molar-refractivity contribution is 5.05. The van der Waals surface area contributed by atoms with E-state index in [-0.39, 0.29) is 6.10 Å². The van der Waals surface area contributed by atoms with Gasteiger partial charge >= 0.3 is 0 Å². The van der Waals surface area contributed by atoms with Crippen LogP contribution >= 0.6 is 0 Å². The highest BCUT2D eigenvalue weighted by atomic mass is 16.3. The van der Waals surface area contributed by atoms with Crippen LogP contribution < -0.4 is 0 Å². The van der Waals surface area contributed by atoms with Gasteiger partial charge in [-0.05, 0) is 30.7 Å². The largest absolute Gasteiger partial charge is 0.387 e. The van der Waals surface area contributed by atoms with E-state index >= 15 is 0 Å². The summed E-state index contributed by atoms with van der Waals surface area (Å²) >= 11 is 0. The third kappa shape index (κ3) is 3.14. The average molecular weight is 250 g/mol. The second-order valence-electron chi connectivity index (χ2n) is 5.75. The molecule has 0 aliphatic heterocycles. The zero-order chi connectivity index (χ0) is 13.0. The minimum absolute atomic E-state index is 0.329. The molecule has 1 saturated carbocycles. The Hall–Kier alpha value is -0.830. The summed E-state index contributed by atoms with van der Waals surface area (Å²) in [5.74, 6) is 1.33. The van der Waals surface area contributed by atoms with Crippen LogP contribution in [0.5, 0.6) is 0 Å². The monoisotopic (exact) mass is 250 g/mol. The number of nitrogens with zero attached hydrogens (tertiary/aromatic N) is 2. The first kappa shape index (κ1) is 13.6. The topological polar surface area (TPSA) is 38.1 Å². The van der Waals surface area contributed by atoms with Gasteiger partial charge in [-0.3, -0.25) is 4.68 Å². The van der Waals surface area contributed by atoms with E-state index in [1.54, 1.807) is 10.9 Å². The van der Waals surface area contributed by atoms with Crippen molar-refractivity contribution in [3.63, 3.8) is 0 Å². The fourth-order valence-corrected chi connectivity index (χ4v) is 3.20. The number of hydrogen-bond acceptors (Lipinski definition) is 2. The van der Waals surface area contributed by atoms with Crippen molar-refractivity contribution in [1.29, 1.82) is 0 Å². The lowest BCUT2D eigenvalue weighted by Gasteiger charge is -2.31. The van der Waals surface area contributed by atoms with Crippen molar-refractivity contribution < 1.29 is 5.11 Å². The van der Waals surface area contributed by atoms with Gasteiger partial charge < -0.3 is 5.11 Å². The van der Waals surface area contributed by atoms with Gasteiger partial charge in [0.1, 0.15) is 0 Å². The Morgan fingerprint density at radius 3 is 2.67 bits per heavy atom. The standard InChI is InChI=1S/C15H26N2O/c1-3-4-5-12-6-8-13(9-7-12)15(18)14-10-11-16-17(14)2/h10-13,15,18H,3-9H2,1-2H3. The third-order valence-corrected chi connectivity index (χ3v) is 4.47. The van der Waals surface area contributed by atoms with Crippen LogP contribution in [0.25, 0.3) is 0 Å². The molecule has 1 N–H and O–H groups in total. The number of aliphatic hydroxyl groups is 1. The normalized spacial score (nSPS) is 26.2. The maximum atomic E-state index is 10.4. The van der Waals surface area contributed by atoms with E-state index in [1.807, 2.05) is 13.1 Å². The van der Waals surface area contributed by atoms with E-state index in [2.05, 4.69) is 12.0 Å². The molecule has 1 unspecified atom stereocenters. The smallest absolute Gasteiger partial charge is 0.0984 e. The van der Waals surface area contributed by atoms with E-state index in [0.29, 0.717) is 5.92 Å². The molecule has 1 fully saturated rings. The maximum absolute atomic E-state index is 10.4. The SMILES string of the molecule is CCCCC1CCC(C(O)c2ccnn2C)CC1. The van der Waals surface area contributed by atoms with Gasteiger partial charge in [0, 0.05) is 13.2 Å². The maximum Gasteiger partial charge on any atom is 0.0984 e. The van der Waals surface area contributed by atoms with Crippen LogP contribution in [0.2, 0.25) is 0 Å². The van der Waals surface area contributed by atoms with Gasteiger partial charge in [-0.2, -0.15) is 5.10 Å². The number of aryl methyl sites for hydroxylation is 1. The summed E-state index contributed by atoms with van der Waals surface area (Å²) in [5, 5.41) is 14.6. The van der Waals surface area contributed by atoms with Crippen LogP contribution in [0.3, 0.4) is 0 Å². The van der Waals surface area contributed by atoms with E-state index in [1.165, 1.54) is 44.9 Å². The lowest BCUT2D eigenvalue weighted by molar-refractivity contribution is 0.0656. The van der Waals surface area contributed by atoms with Crippen LogP contribution in [-0.4, -0.2) is 14.9 Å². The van der Waals surface area contributed by atoms with Crippen LogP contribution in [0.15, 0.2) is 12.3 Å². The minimum atomic E-state index is -0.329. The molecular formula is C15H26N2O.